The molecule has 0 saturated carbocycles. The highest BCUT2D eigenvalue weighted by atomic mass is 16.6. The largest absolute Gasteiger partial charge is 0.378 e. The van der Waals surface area contributed by atoms with E-state index in [-0.39, 0.29) is 4.92 Å². The van der Waals surface area contributed by atoms with Gasteiger partial charge >= 0.3 is 0 Å². The number of fused-ring (bicyclic) bond motifs is 1. The highest BCUT2D eigenvalue weighted by Crippen LogP contribution is 2.11. The first-order valence-electron chi connectivity index (χ1n) is 6.38. The maximum atomic E-state index is 10.9. The van der Waals surface area contributed by atoms with Crippen molar-refractivity contribution >= 4 is 17.8 Å². The molecule has 100 valence electrons. The van der Waals surface area contributed by atoms with Gasteiger partial charge in [-0.05, 0) is 12.1 Å². The van der Waals surface area contributed by atoms with Gasteiger partial charge in [0.05, 0.1) is 30.4 Å². The summed E-state index contributed by atoms with van der Waals surface area (Å²) in [4.78, 5) is 17.2. The molecule has 1 saturated heterocycles. The first-order valence-corrected chi connectivity index (χ1v) is 6.38. The standard InChI is InChI=1S/C13H15N3O3/c17-16(18)11-1-2-13-10(7-11)8-12(9-14-13)15-3-5-19-6-4-15/h2,7-9,11H,1,3-6H2. The van der Waals surface area contributed by atoms with Gasteiger partial charge in [0.15, 0.2) is 0 Å². The number of morpholine rings is 1. The number of pyridine rings is 1. The van der Waals surface area contributed by atoms with Crippen molar-refractivity contribution in [1.82, 2.24) is 4.98 Å². The normalized spacial score (nSPS) is 22.1. The number of nitrogens with zero attached hydrogens (tertiary/aromatic N) is 3. The molecule has 0 radical (unpaired) electrons. The molecule has 3 rings (SSSR count). The molecular weight excluding hydrogens is 246 g/mol. The SMILES string of the molecule is O=[N+]([O-])C1C=c2cc(N3CCOCC3)cnc2=CC1. The summed E-state index contributed by atoms with van der Waals surface area (Å²) in [6, 6.07) is 1.36. The fourth-order valence-corrected chi connectivity index (χ4v) is 2.43. The van der Waals surface area contributed by atoms with E-state index in [1.807, 2.05) is 18.3 Å². The van der Waals surface area contributed by atoms with Crippen LogP contribution in [0.5, 0.6) is 0 Å². The lowest BCUT2D eigenvalue weighted by Gasteiger charge is -2.28. The fraction of sp³-hybridized carbons (Fsp3) is 0.462. The van der Waals surface area contributed by atoms with Crippen molar-refractivity contribution in [2.75, 3.05) is 31.2 Å². The van der Waals surface area contributed by atoms with Gasteiger partial charge in [-0.3, -0.25) is 15.1 Å². The summed E-state index contributed by atoms with van der Waals surface area (Å²) in [5, 5.41) is 12.6. The van der Waals surface area contributed by atoms with E-state index in [0.717, 1.165) is 29.3 Å². The molecule has 0 spiro atoms. The van der Waals surface area contributed by atoms with Gasteiger partial charge in [-0.25, -0.2) is 0 Å². The van der Waals surface area contributed by atoms with Crippen molar-refractivity contribution in [2.45, 2.75) is 12.5 Å². The van der Waals surface area contributed by atoms with Crippen LogP contribution in [0.4, 0.5) is 5.69 Å². The van der Waals surface area contributed by atoms with Crippen LogP contribution < -0.4 is 15.5 Å². The van der Waals surface area contributed by atoms with Gasteiger partial charge in [0, 0.05) is 29.7 Å². The van der Waals surface area contributed by atoms with Gasteiger partial charge in [-0.1, -0.05) is 6.08 Å². The van der Waals surface area contributed by atoms with Crippen LogP contribution >= 0.6 is 0 Å². The molecule has 0 aromatic carbocycles. The first kappa shape index (κ1) is 12.1. The second-order valence-corrected chi connectivity index (χ2v) is 4.73. The lowest BCUT2D eigenvalue weighted by Crippen LogP contribution is -2.40. The number of rotatable bonds is 2. The smallest absolute Gasteiger partial charge is 0.235 e. The summed E-state index contributed by atoms with van der Waals surface area (Å²) in [7, 11) is 0. The van der Waals surface area contributed by atoms with Crippen LogP contribution in [0.15, 0.2) is 12.3 Å². The van der Waals surface area contributed by atoms with Gasteiger partial charge in [0.1, 0.15) is 0 Å². The minimum absolute atomic E-state index is 0.249. The molecule has 0 bridgehead atoms. The van der Waals surface area contributed by atoms with Crippen LogP contribution in [0.1, 0.15) is 6.42 Å². The molecule has 1 aromatic heterocycles. The predicted octanol–water partition coefficient (Wildman–Crippen LogP) is -0.472. The van der Waals surface area contributed by atoms with Crippen molar-refractivity contribution in [3.63, 3.8) is 0 Å². The zero-order chi connectivity index (χ0) is 13.2. The topological polar surface area (TPSA) is 68.5 Å². The lowest BCUT2D eigenvalue weighted by molar-refractivity contribution is -0.503. The number of hydrogen-bond acceptors (Lipinski definition) is 5. The molecule has 1 fully saturated rings. The van der Waals surface area contributed by atoms with Crippen LogP contribution in [-0.4, -0.2) is 42.3 Å². The third-order valence-electron chi connectivity index (χ3n) is 3.51. The number of aromatic nitrogens is 1. The van der Waals surface area contributed by atoms with Crippen LogP contribution in [0.3, 0.4) is 0 Å². The minimum Gasteiger partial charge on any atom is -0.378 e. The molecule has 1 unspecified atom stereocenters. The van der Waals surface area contributed by atoms with Gasteiger partial charge in [-0.15, -0.1) is 0 Å². The van der Waals surface area contributed by atoms with Gasteiger partial charge in [0.25, 0.3) is 0 Å². The number of hydrogen-bond donors (Lipinski definition) is 0. The summed E-state index contributed by atoms with van der Waals surface area (Å²) in [6.45, 7) is 3.10. The fourth-order valence-electron chi connectivity index (χ4n) is 2.43. The Kier molecular flexibility index (Phi) is 3.16. The lowest BCUT2D eigenvalue weighted by atomic mass is 10.1. The molecule has 2 heterocycles. The van der Waals surface area contributed by atoms with E-state index in [0.29, 0.717) is 19.6 Å². The highest BCUT2D eigenvalue weighted by molar-refractivity contribution is 5.49. The Balaban J connectivity index is 1.96. The molecule has 19 heavy (non-hydrogen) atoms. The summed E-state index contributed by atoms with van der Waals surface area (Å²) >= 11 is 0. The molecule has 2 aliphatic rings. The van der Waals surface area contributed by atoms with E-state index < -0.39 is 6.04 Å². The van der Waals surface area contributed by atoms with Crippen molar-refractivity contribution in [1.29, 1.82) is 0 Å². The number of anilines is 1. The summed E-state index contributed by atoms with van der Waals surface area (Å²) < 4.78 is 5.32. The van der Waals surface area contributed by atoms with E-state index in [9.17, 15) is 10.1 Å². The quantitative estimate of drug-likeness (QED) is 0.532. The summed E-state index contributed by atoms with van der Waals surface area (Å²) in [5.74, 6) is 0. The zero-order valence-corrected chi connectivity index (χ0v) is 10.5. The first-order chi connectivity index (χ1) is 9.24. The molecule has 0 amide bonds. The van der Waals surface area contributed by atoms with Crippen molar-refractivity contribution in [3.8, 4) is 0 Å². The number of ether oxygens (including phenoxy) is 1. The monoisotopic (exact) mass is 261 g/mol. The van der Waals surface area contributed by atoms with Crippen molar-refractivity contribution < 1.29 is 9.66 Å². The Labute approximate surface area is 110 Å². The average molecular weight is 261 g/mol. The second kappa shape index (κ2) is 4.97. The van der Waals surface area contributed by atoms with E-state index in [1.54, 1.807) is 6.08 Å². The average Bonchev–Trinajstić information content (AvgIpc) is 2.47. The third kappa shape index (κ3) is 2.44. The van der Waals surface area contributed by atoms with Gasteiger partial charge in [-0.2, -0.15) is 0 Å². The predicted molar refractivity (Wildman–Crippen MR) is 70.8 cm³/mol. The molecule has 6 heteroatoms. The molecule has 0 N–H and O–H groups in total. The zero-order valence-electron chi connectivity index (χ0n) is 10.5. The van der Waals surface area contributed by atoms with Crippen LogP contribution in [0, 0.1) is 10.1 Å². The summed E-state index contributed by atoms with van der Waals surface area (Å²) in [5.41, 5.74) is 1.01. The maximum absolute atomic E-state index is 10.9. The van der Waals surface area contributed by atoms with Crippen molar-refractivity contribution in [2.24, 2.45) is 0 Å². The van der Waals surface area contributed by atoms with E-state index >= 15 is 0 Å². The molecule has 1 aromatic rings. The van der Waals surface area contributed by atoms with Crippen molar-refractivity contribution in [3.05, 3.63) is 32.9 Å². The van der Waals surface area contributed by atoms with Crippen LogP contribution in [-0.2, 0) is 4.74 Å². The third-order valence-corrected chi connectivity index (χ3v) is 3.51. The second-order valence-electron chi connectivity index (χ2n) is 4.73. The molecular formula is C13H15N3O3. The Bertz CT molecular complexity index is 608. The number of nitro groups is 1. The maximum Gasteiger partial charge on any atom is 0.235 e. The Morgan fingerprint density at radius 3 is 2.95 bits per heavy atom. The van der Waals surface area contributed by atoms with Crippen LogP contribution in [0.25, 0.3) is 12.2 Å². The Morgan fingerprint density at radius 1 is 1.42 bits per heavy atom. The van der Waals surface area contributed by atoms with Gasteiger partial charge in [0.2, 0.25) is 6.04 Å². The minimum atomic E-state index is -0.630. The molecule has 1 aliphatic heterocycles. The Morgan fingerprint density at radius 2 is 2.21 bits per heavy atom. The van der Waals surface area contributed by atoms with E-state index in [1.165, 1.54) is 0 Å². The molecule has 1 aliphatic carbocycles. The van der Waals surface area contributed by atoms with E-state index in [2.05, 4.69) is 9.88 Å². The summed E-state index contributed by atoms with van der Waals surface area (Å²) in [6.07, 6.45) is 5.79. The molecule has 1 atom stereocenters. The Hall–Kier alpha value is -1.95. The highest BCUT2D eigenvalue weighted by Gasteiger charge is 2.18. The van der Waals surface area contributed by atoms with Crippen LogP contribution in [0.2, 0.25) is 0 Å². The molecule has 6 nitrogen and oxygen atoms in total. The van der Waals surface area contributed by atoms with E-state index in [4.69, 9.17) is 4.74 Å². The van der Waals surface area contributed by atoms with Gasteiger partial charge < -0.3 is 9.64 Å².